The number of rotatable bonds is 4. The zero-order valence-electron chi connectivity index (χ0n) is 12.6. The number of aliphatic imine (C=N–C) groups is 1. The first-order valence-corrected chi connectivity index (χ1v) is 7.19. The molecule has 0 saturated carbocycles. The first kappa shape index (κ1) is 17.6. The number of guanidine groups is 1. The van der Waals surface area contributed by atoms with E-state index >= 15 is 0 Å². The molecule has 23 heavy (non-hydrogen) atoms. The third-order valence-corrected chi connectivity index (χ3v) is 3.30. The molecule has 1 fully saturated rings. The maximum absolute atomic E-state index is 5.95. The van der Waals surface area contributed by atoms with Crippen LogP contribution in [0.2, 0.25) is 0 Å². The Hall–Kier alpha value is -1.75. The summed E-state index contributed by atoms with van der Waals surface area (Å²) in [6.07, 6.45) is 2.26. The first-order chi connectivity index (χ1) is 10.8. The Balaban J connectivity index is 0.00000192. The second-order valence-corrected chi connectivity index (χ2v) is 4.82. The monoisotopic (exact) mass is 430 g/mol. The average Bonchev–Trinajstić information content (AvgIpc) is 3.05. The summed E-state index contributed by atoms with van der Waals surface area (Å²) < 4.78 is 10.5. The Morgan fingerprint density at radius 1 is 1.30 bits per heavy atom. The van der Waals surface area contributed by atoms with E-state index in [4.69, 9.17) is 15.0 Å². The number of nitrogens with two attached hydrogens (primary N) is 1. The Labute approximate surface area is 151 Å². The SMILES string of the molecule is I.NC(=NCCc1noc(-c2ccccn2)n1)N1CCOCC1. The van der Waals surface area contributed by atoms with E-state index in [2.05, 4.69) is 20.1 Å². The van der Waals surface area contributed by atoms with E-state index in [0.717, 1.165) is 13.1 Å². The molecule has 0 radical (unpaired) electrons. The molecule has 2 N–H and O–H groups in total. The van der Waals surface area contributed by atoms with Gasteiger partial charge in [-0.05, 0) is 12.1 Å². The molecule has 0 spiro atoms. The number of aromatic nitrogens is 3. The molecule has 0 atom stereocenters. The zero-order chi connectivity index (χ0) is 15.2. The van der Waals surface area contributed by atoms with Crippen molar-refractivity contribution in [3.8, 4) is 11.6 Å². The van der Waals surface area contributed by atoms with Crippen LogP contribution in [0.1, 0.15) is 5.82 Å². The van der Waals surface area contributed by atoms with Crippen LogP contribution in [0.25, 0.3) is 11.6 Å². The van der Waals surface area contributed by atoms with Crippen molar-refractivity contribution in [3.05, 3.63) is 30.2 Å². The van der Waals surface area contributed by atoms with Crippen LogP contribution in [0, 0.1) is 0 Å². The van der Waals surface area contributed by atoms with Crippen LogP contribution in [0.5, 0.6) is 0 Å². The lowest BCUT2D eigenvalue weighted by atomic mass is 10.3. The van der Waals surface area contributed by atoms with Crippen molar-refractivity contribution >= 4 is 29.9 Å². The molecule has 0 bridgehead atoms. The van der Waals surface area contributed by atoms with Crippen LogP contribution in [-0.2, 0) is 11.2 Å². The minimum absolute atomic E-state index is 0. The lowest BCUT2D eigenvalue weighted by molar-refractivity contribution is 0.0674. The molecule has 9 heteroatoms. The third-order valence-electron chi connectivity index (χ3n) is 3.30. The predicted molar refractivity (Wildman–Crippen MR) is 95.5 cm³/mol. The van der Waals surface area contributed by atoms with Gasteiger partial charge in [-0.3, -0.25) is 9.98 Å². The molecule has 3 rings (SSSR count). The van der Waals surface area contributed by atoms with Gasteiger partial charge in [0.15, 0.2) is 11.8 Å². The number of ether oxygens (including phenoxy) is 1. The van der Waals surface area contributed by atoms with E-state index < -0.39 is 0 Å². The Kier molecular flexibility index (Phi) is 6.71. The van der Waals surface area contributed by atoms with Crippen molar-refractivity contribution in [2.45, 2.75) is 6.42 Å². The van der Waals surface area contributed by atoms with Crippen LogP contribution < -0.4 is 5.73 Å². The highest BCUT2D eigenvalue weighted by Gasteiger charge is 2.12. The number of morpholine rings is 1. The highest BCUT2D eigenvalue weighted by Crippen LogP contribution is 2.13. The standard InChI is InChI=1S/C14H18N6O2.HI/c15-14(20-7-9-21-10-8-20)17-6-4-12-18-13(22-19-12)11-3-1-2-5-16-11;/h1-3,5H,4,6-10H2,(H2,15,17);1H. The van der Waals surface area contributed by atoms with E-state index in [-0.39, 0.29) is 24.0 Å². The average molecular weight is 430 g/mol. The highest BCUT2D eigenvalue weighted by molar-refractivity contribution is 14.0. The summed E-state index contributed by atoms with van der Waals surface area (Å²) >= 11 is 0. The van der Waals surface area contributed by atoms with Gasteiger partial charge in [0.25, 0.3) is 5.89 Å². The second-order valence-electron chi connectivity index (χ2n) is 4.82. The van der Waals surface area contributed by atoms with E-state index in [1.165, 1.54) is 0 Å². The summed E-state index contributed by atoms with van der Waals surface area (Å²) in [5.74, 6) is 1.55. The van der Waals surface area contributed by atoms with Crippen LogP contribution >= 0.6 is 24.0 Å². The largest absolute Gasteiger partial charge is 0.378 e. The number of nitrogens with zero attached hydrogens (tertiary/aromatic N) is 5. The predicted octanol–water partition coefficient (Wildman–Crippen LogP) is 0.939. The second kappa shape index (κ2) is 8.77. The highest BCUT2D eigenvalue weighted by atomic mass is 127. The summed E-state index contributed by atoms with van der Waals surface area (Å²) in [7, 11) is 0. The number of pyridine rings is 1. The van der Waals surface area contributed by atoms with E-state index in [1.54, 1.807) is 6.20 Å². The molecule has 0 unspecified atom stereocenters. The summed E-state index contributed by atoms with van der Waals surface area (Å²) in [6, 6.07) is 5.54. The van der Waals surface area contributed by atoms with Crippen molar-refractivity contribution < 1.29 is 9.26 Å². The van der Waals surface area contributed by atoms with E-state index in [0.29, 0.717) is 49.5 Å². The lowest BCUT2D eigenvalue weighted by Gasteiger charge is -2.27. The van der Waals surface area contributed by atoms with Crippen LogP contribution in [0.4, 0.5) is 0 Å². The summed E-state index contributed by atoms with van der Waals surface area (Å²) in [5.41, 5.74) is 6.62. The summed E-state index contributed by atoms with van der Waals surface area (Å²) in [6.45, 7) is 3.45. The van der Waals surface area contributed by atoms with Gasteiger partial charge >= 0.3 is 0 Å². The lowest BCUT2D eigenvalue weighted by Crippen LogP contribution is -2.44. The molecule has 0 amide bonds. The van der Waals surface area contributed by atoms with Crippen molar-refractivity contribution in [1.29, 1.82) is 0 Å². The molecular weight excluding hydrogens is 411 g/mol. The molecule has 0 aliphatic carbocycles. The van der Waals surface area contributed by atoms with Gasteiger partial charge in [-0.25, -0.2) is 0 Å². The topological polar surface area (TPSA) is 103 Å². The summed E-state index contributed by atoms with van der Waals surface area (Å²) in [4.78, 5) is 14.8. The van der Waals surface area contributed by atoms with Gasteiger partial charge in [0.2, 0.25) is 0 Å². The van der Waals surface area contributed by atoms with Gasteiger partial charge < -0.3 is 19.9 Å². The van der Waals surface area contributed by atoms with Crippen LogP contribution in [0.15, 0.2) is 33.9 Å². The number of hydrogen-bond donors (Lipinski definition) is 1. The number of hydrogen-bond acceptors (Lipinski definition) is 6. The van der Waals surface area contributed by atoms with Crippen molar-refractivity contribution in [3.63, 3.8) is 0 Å². The Bertz CT molecular complexity index is 627. The van der Waals surface area contributed by atoms with Crippen LogP contribution in [0.3, 0.4) is 0 Å². The molecule has 1 aliphatic rings. The Morgan fingerprint density at radius 2 is 2.13 bits per heavy atom. The molecule has 0 aromatic carbocycles. The van der Waals surface area contributed by atoms with Gasteiger partial charge in [0, 0.05) is 32.3 Å². The van der Waals surface area contributed by atoms with Crippen LogP contribution in [-0.4, -0.2) is 58.8 Å². The van der Waals surface area contributed by atoms with Gasteiger partial charge in [-0.2, -0.15) is 4.98 Å². The maximum Gasteiger partial charge on any atom is 0.276 e. The molecule has 2 aromatic rings. The van der Waals surface area contributed by atoms with E-state index in [9.17, 15) is 0 Å². The minimum atomic E-state index is 0. The van der Waals surface area contributed by atoms with Gasteiger partial charge in [-0.1, -0.05) is 11.2 Å². The van der Waals surface area contributed by atoms with Gasteiger partial charge in [0.05, 0.1) is 13.2 Å². The molecule has 2 aromatic heterocycles. The van der Waals surface area contributed by atoms with Gasteiger partial charge in [-0.15, -0.1) is 24.0 Å². The molecule has 124 valence electrons. The zero-order valence-corrected chi connectivity index (χ0v) is 14.9. The molecule has 8 nitrogen and oxygen atoms in total. The van der Waals surface area contributed by atoms with E-state index in [1.807, 2.05) is 23.1 Å². The fourth-order valence-electron chi connectivity index (χ4n) is 2.11. The fraction of sp³-hybridized carbons (Fsp3) is 0.429. The molecule has 3 heterocycles. The maximum atomic E-state index is 5.95. The first-order valence-electron chi connectivity index (χ1n) is 7.19. The minimum Gasteiger partial charge on any atom is -0.378 e. The smallest absolute Gasteiger partial charge is 0.276 e. The van der Waals surface area contributed by atoms with Crippen molar-refractivity contribution in [1.82, 2.24) is 20.0 Å². The Morgan fingerprint density at radius 3 is 2.87 bits per heavy atom. The number of halogens is 1. The summed E-state index contributed by atoms with van der Waals surface area (Å²) in [5, 5.41) is 3.93. The van der Waals surface area contributed by atoms with Gasteiger partial charge in [0.1, 0.15) is 5.69 Å². The quantitative estimate of drug-likeness (QED) is 0.438. The molecule has 1 saturated heterocycles. The normalized spacial score (nSPS) is 15.3. The van der Waals surface area contributed by atoms with Crippen molar-refractivity contribution in [2.75, 3.05) is 32.8 Å². The molecule has 1 aliphatic heterocycles. The van der Waals surface area contributed by atoms with Crippen molar-refractivity contribution in [2.24, 2.45) is 10.7 Å². The third kappa shape index (κ3) is 4.86. The molecular formula is C14H19IN6O2. The fourth-order valence-corrected chi connectivity index (χ4v) is 2.11.